The minimum atomic E-state index is -0.452. The van der Waals surface area contributed by atoms with Crippen molar-refractivity contribution in [1.82, 2.24) is 4.90 Å². The van der Waals surface area contributed by atoms with Crippen molar-refractivity contribution >= 4 is 33.4 Å². The lowest BCUT2D eigenvalue weighted by molar-refractivity contribution is 0.0240. The highest BCUT2D eigenvalue weighted by atomic mass is 79.9. The van der Waals surface area contributed by atoms with Crippen LogP contribution in [0.2, 0.25) is 0 Å². The van der Waals surface area contributed by atoms with Crippen LogP contribution in [0.5, 0.6) is 0 Å². The topological polar surface area (TPSA) is 44.8 Å². The van der Waals surface area contributed by atoms with E-state index in [0.717, 1.165) is 29.8 Å². The van der Waals surface area contributed by atoms with E-state index in [-0.39, 0.29) is 6.09 Å². The third kappa shape index (κ3) is 5.64. The molecule has 150 valence electrons. The minimum Gasteiger partial charge on any atom is -0.444 e. The van der Waals surface area contributed by atoms with E-state index >= 15 is 0 Å². The fourth-order valence-corrected chi connectivity index (χ4v) is 3.53. The summed E-state index contributed by atoms with van der Waals surface area (Å²) in [6.45, 7) is 9.43. The van der Waals surface area contributed by atoms with Crippen molar-refractivity contribution in [2.24, 2.45) is 0 Å². The van der Waals surface area contributed by atoms with E-state index in [9.17, 15) is 4.79 Å². The first-order chi connectivity index (χ1) is 13.3. The monoisotopic (exact) mass is 445 g/mol. The number of piperazine rings is 1. The van der Waals surface area contributed by atoms with Crippen molar-refractivity contribution in [3.63, 3.8) is 0 Å². The van der Waals surface area contributed by atoms with E-state index in [1.54, 1.807) is 4.90 Å². The van der Waals surface area contributed by atoms with Gasteiger partial charge in [0.1, 0.15) is 5.60 Å². The molecule has 0 radical (unpaired) electrons. The smallest absolute Gasteiger partial charge is 0.410 e. The number of nitrogens with one attached hydrogen (secondary N) is 1. The lowest BCUT2D eigenvalue weighted by atomic mass is 10.2. The summed E-state index contributed by atoms with van der Waals surface area (Å²) in [7, 11) is 0. The molecule has 28 heavy (non-hydrogen) atoms. The Morgan fingerprint density at radius 3 is 2.29 bits per heavy atom. The fourth-order valence-electron chi connectivity index (χ4n) is 3.10. The molecule has 2 aromatic rings. The molecule has 2 aromatic carbocycles. The summed E-state index contributed by atoms with van der Waals surface area (Å²) in [5, 5.41) is 3.46. The first kappa shape index (κ1) is 20.5. The second kappa shape index (κ2) is 8.86. The Bertz CT molecular complexity index is 794. The largest absolute Gasteiger partial charge is 0.444 e. The predicted molar refractivity (Wildman–Crippen MR) is 118 cm³/mol. The normalized spacial score (nSPS) is 14.7. The van der Waals surface area contributed by atoms with E-state index in [4.69, 9.17) is 4.74 Å². The van der Waals surface area contributed by atoms with Gasteiger partial charge in [-0.2, -0.15) is 0 Å². The van der Waals surface area contributed by atoms with Crippen LogP contribution < -0.4 is 10.2 Å². The quantitative estimate of drug-likeness (QED) is 0.709. The molecule has 0 aliphatic carbocycles. The molecule has 0 aromatic heterocycles. The summed E-state index contributed by atoms with van der Waals surface area (Å²) in [6.07, 6.45) is -0.223. The molecule has 3 rings (SSSR count). The van der Waals surface area contributed by atoms with E-state index in [2.05, 4.69) is 62.5 Å². The summed E-state index contributed by atoms with van der Waals surface area (Å²) < 4.78 is 6.58. The molecule has 1 aliphatic heterocycles. The first-order valence-corrected chi connectivity index (χ1v) is 10.4. The van der Waals surface area contributed by atoms with Gasteiger partial charge in [-0.25, -0.2) is 4.79 Å². The van der Waals surface area contributed by atoms with Crippen molar-refractivity contribution in [2.45, 2.75) is 32.9 Å². The number of hydrogen-bond acceptors (Lipinski definition) is 4. The zero-order valence-electron chi connectivity index (χ0n) is 16.7. The van der Waals surface area contributed by atoms with Crippen molar-refractivity contribution in [3.05, 3.63) is 58.6 Å². The van der Waals surface area contributed by atoms with Gasteiger partial charge in [0.05, 0.1) is 0 Å². The molecule has 1 heterocycles. The van der Waals surface area contributed by atoms with Gasteiger partial charge in [0.25, 0.3) is 0 Å². The van der Waals surface area contributed by atoms with Crippen LogP contribution in [0.15, 0.2) is 53.0 Å². The number of benzene rings is 2. The van der Waals surface area contributed by atoms with E-state index in [1.165, 1.54) is 11.3 Å². The Kier molecular flexibility index (Phi) is 6.50. The SMILES string of the molecule is CC(C)(C)OC(=O)N1CCN(c2ccc(NCc3ccccc3Br)cc2)CC1. The third-order valence-electron chi connectivity index (χ3n) is 4.60. The Balaban J connectivity index is 1.51. The molecule has 1 saturated heterocycles. The number of halogens is 1. The molecular formula is C22H28BrN3O2. The Morgan fingerprint density at radius 2 is 1.68 bits per heavy atom. The molecule has 1 N–H and O–H groups in total. The van der Waals surface area contributed by atoms with Crippen LogP contribution in [0, 0.1) is 0 Å². The highest BCUT2D eigenvalue weighted by Gasteiger charge is 2.25. The number of nitrogens with zero attached hydrogens (tertiary/aromatic N) is 2. The predicted octanol–water partition coefficient (Wildman–Crippen LogP) is 5.12. The Hall–Kier alpha value is -2.21. The number of ether oxygens (including phenoxy) is 1. The van der Waals surface area contributed by atoms with Gasteiger partial charge in [-0.05, 0) is 56.7 Å². The molecule has 0 spiro atoms. The molecule has 0 saturated carbocycles. The number of hydrogen-bond donors (Lipinski definition) is 1. The van der Waals surface area contributed by atoms with Gasteiger partial charge in [-0.1, -0.05) is 34.1 Å². The Labute approximate surface area is 175 Å². The van der Waals surface area contributed by atoms with Gasteiger partial charge in [-0.3, -0.25) is 0 Å². The van der Waals surface area contributed by atoms with Crippen LogP contribution >= 0.6 is 15.9 Å². The summed E-state index contributed by atoms with van der Waals surface area (Å²) in [4.78, 5) is 16.3. The molecule has 0 atom stereocenters. The highest BCUT2D eigenvalue weighted by Crippen LogP contribution is 2.22. The second-order valence-corrected chi connectivity index (χ2v) is 8.80. The van der Waals surface area contributed by atoms with Crippen LogP contribution in [0.3, 0.4) is 0 Å². The molecule has 0 unspecified atom stereocenters. The number of anilines is 2. The van der Waals surface area contributed by atoms with Gasteiger partial charge in [0.2, 0.25) is 0 Å². The Morgan fingerprint density at radius 1 is 1.04 bits per heavy atom. The van der Waals surface area contributed by atoms with Crippen molar-refractivity contribution in [2.75, 3.05) is 36.4 Å². The lowest BCUT2D eigenvalue weighted by Gasteiger charge is -2.36. The standard InChI is InChI=1S/C22H28BrN3O2/c1-22(2,3)28-21(27)26-14-12-25(13-15-26)19-10-8-18(9-11-19)24-16-17-6-4-5-7-20(17)23/h4-11,24H,12-16H2,1-3H3. The van der Waals surface area contributed by atoms with Gasteiger partial charge < -0.3 is 19.9 Å². The van der Waals surface area contributed by atoms with Gasteiger partial charge in [0.15, 0.2) is 0 Å². The molecule has 1 fully saturated rings. The first-order valence-electron chi connectivity index (χ1n) is 9.62. The van der Waals surface area contributed by atoms with Crippen LogP contribution in [0.25, 0.3) is 0 Å². The van der Waals surface area contributed by atoms with Crippen molar-refractivity contribution in [3.8, 4) is 0 Å². The van der Waals surface area contributed by atoms with Crippen LogP contribution in [-0.4, -0.2) is 42.8 Å². The molecule has 5 nitrogen and oxygen atoms in total. The van der Waals surface area contributed by atoms with Crippen LogP contribution in [0.4, 0.5) is 16.2 Å². The molecule has 0 bridgehead atoms. The maximum atomic E-state index is 12.2. The highest BCUT2D eigenvalue weighted by molar-refractivity contribution is 9.10. The third-order valence-corrected chi connectivity index (χ3v) is 5.38. The maximum Gasteiger partial charge on any atom is 0.410 e. The average molecular weight is 446 g/mol. The average Bonchev–Trinajstić information content (AvgIpc) is 2.67. The summed E-state index contributed by atoms with van der Waals surface area (Å²) in [6, 6.07) is 16.7. The fraction of sp³-hybridized carbons (Fsp3) is 0.409. The van der Waals surface area contributed by atoms with Crippen LogP contribution in [-0.2, 0) is 11.3 Å². The zero-order chi connectivity index (χ0) is 20.1. The van der Waals surface area contributed by atoms with E-state index in [0.29, 0.717) is 13.1 Å². The van der Waals surface area contributed by atoms with Gasteiger partial charge in [-0.15, -0.1) is 0 Å². The molecular weight excluding hydrogens is 418 g/mol. The number of rotatable bonds is 4. The molecule has 1 amide bonds. The number of carbonyl (C=O) groups excluding carboxylic acids is 1. The lowest BCUT2D eigenvalue weighted by Crippen LogP contribution is -2.50. The summed E-state index contributed by atoms with van der Waals surface area (Å²) in [5.74, 6) is 0. The molecule has 1 aliphatic rings. The van der Waals surface area contributed by atoms with Gasteiger partial charge >= 0.3 is 6.09 Å². The second-order valence-electron chi connectivity index (χ2n) is 7.95. The maximum absolute atomic E-state index is 12.2. The minimum absolute atomic E-state index is 0.223. The summed E-state index contributed by atoms with van der Waals surface area (Å²) >= 11 is 3.58. The van der Waals surface area contributed by atoms with E-state index < -0.39 is 5.60 Å². The van der Waals surface area contributed by atoms with Crippen molar-refractivity contribution in [1.29, 1.82) is 0 Å². The molecule has 6 heteroatoms. The van der Waals surface area contributed by atoms with E-state index in [1.807, 2.05) is 32.9 Å². The zero-order valence-corrected chi connectivity index (χ0v) is 18.3. The summed E-state index contributed by atoms with van der Waals surface area (Å²) in [5.41, 5.74) is 3.04. The van der Waals surface area contributed by atoms with Gasteiger partial charge in [0, 0.05) is 48.6 Å². The van der Waals surface area contributed by atoms with Crippen molar-refractivity contribution < 1.29 is 9.53 Å². The van der Waals surface area contributed by atoms with Crippen LogP contribution in [0.1, 0.15) is 26.3 Å². The number of carbonyl (C=O) groups is 1. The number of amides is 1.